The Bertz CT molecular complexity index is 619. The fraction of sp³-hybridized carbons (Fsp3) is 0.231. The highest BCUT2D eigenvalue weighted by molar-refractivity contribution is 6.06. The number of hydrogen-bond acceptors (Lipinski definition) is 4. The number of phenolic OH excluding ortho intramolecular Hbond substituents is 1. The van der Waals surface area contributed by atoms with E-state index in [0.29, 0.717) is 29.2 Å². The van der Waals surface area contributed by atoms with E-state index in [1.165, 1.54) is 16.8 Å². The third kappa shape index (κ3) is 2.52. The summed E-state index contributed by atoms with van der Waals surface area (Å²) in [6.45, 7) is 1.93. The van der Waals surface area contributed by atoms with Gasteiger partial charge in [0.2, 0.25) is 0 Å². The number of nitrogens with zero attached hydrogens (tertiary/aromatic N) is 2. The molecule has 0 bridgehead atoms. The third-order valence-corrected chi connectivity index (χ3v) is 2.81. The number of nitrogens with two attached hydrogens (primary N) is 1. The Hall–Kier alpha value is -2.50. The summed E-state index contributed by atoms with van der Waals surface area (Å²) >= 11 is 0. The second-order valence-electron chi connectivity index (χ2n) is 4.19. The van der Waals surface area contributed by atoms with Gasteiger partial charge in [-0.2, -0.15) is 5.10 Å². The SMILES string of the molecule is CCc1nn(C)c(C(=O)Nc2cccc(O)c2)c1N. The fourth-order valence-electron chi connectivity index (χ4n) is 1.90. The molecule has 0 saturated carbocycles. The van der Waals surface area contributed by atoms with Crippen molar-refractivity contribution >= 4 is 17.3 Å². The van der Waals surface area contributed by atoms with E-state index in [2.05, 4.69) is 10.4 Å². The molecule has 1 amide bonds. The number of aromatic nitrogens is 2. The third-order valence-electron chi connectivity index (χ3n) is 2.81. The maximum Gasteiger partial charge on any atom is 0.276 e. The molecular formula is C13H16N4O2. The normalized spacial score (nSPS) is 10.4. The number of aromatic hydroxyl groups is 1. The van der Waals surface area contributed by atoms with Gasteiger partial charge in [-0.05, 0) is 18.6 Å². The number of aryl methyl sites for hydroxylation is 2. The molecule has 0 aliphatic carbocycles. The number of anilines is 2. The maximum absolute atomic E-state index is 12.2. The summed E-state index contributed by atoms with van der Waals surface area (Å²) < 4.78 is 1.46. The highest BCUT2D eigenvalue weighted by atomic mass is 16.3. The first-order valence-corrected chi connectivity index (χ1v) is 5.94. The zero-order chi connectivity index (χ0) is 14.0. The second-order valence-corrected chi connectivity index (χ2v) is 4.19. The molecule has 2 rings (SSSR count). The molecule has 2 aromatic rings. The molecule has 0 atom stereocenters. The Morgan fingerprint density at radius 2 is 2.26 bits per heavy atom. The molecule has 0 spiro atoms. The summed E-state index contributed by atoms with van der Waals surface area (Å²) in [4.78, 5) is 12.2. The standard InChI is InChI=1S/C13H16N4O2/c1-3-10-11(14)12(17(2)16-10)13(19)15-8-5-4-6-9(18)7-8/h4-7,18H,3,14H2,1-2H3,(H,15,19). The number of carbonyl (C=O) groups excluding carboxylic acids is 1. The van der Waals surface area contributed by atoms with Crippen LogP contribution in [0.5, 0.6) is 5.75 Å². The minimum absolute atomic E-state index is 0.0880. The maximum atomic E-state index is 12.2. The van der Waals surface area contributed by atoms with Crippen molar-refractivity contribution < 1.29 is 9.90 Å². The molecule has 1 aromatic heterocycles. The van der Waals surface area contributed by atoms with Crippen LogP contribution < -0.4 is 11.1 Å². The summed E-state index contributed by atoms with van der Waals surface area (Å²) in [5.74, 6) is -0.261. The zero-order valence-corrected chi connectivity index (χ0v) is 10.8. The van der Waals surface area contributed by atoms with Crippen LogP contribution in [-0.2, 0) is 13.5 Å². The van der Waals surface area contributed by atoms with Crippen molar-refractivity contribution in [1.82, 2.24) is 9.78 Å². The number of amides is 1. The van der Waals surface area contributed by atoms with Crippen LogP contribution in [0, 0.1) is 0 Å². The molecule has 6 heteroatoms. The van der Waals surface area contributed by atoms with E-state index in [4.69, 9.17) is 5.73 Å². The molecule has 0 unspecified atom stereocenters. The molecular weight excluding hydrogens is 244 g/mol. The average molecular weight is 260 g/mol. The van der Waals surface area contributed by atoms with Gasteiger partial charge in [-0.15, -0.1) is 0 Å². The van der Waals surface area contributed by atoms with Crippen LogP contribution in [-0.4, -0.2) is 20.8 Å². The first kappa shape index (κ1) is 12.9. The lowest BCUT2D eigenvalue weighted by Gasteiger charge is -2.06. The Labute approximate surface area is 110 Å². The van der Waals surface area contributed by atoms with Crippen molar-refractivity contribution in [2.75, 3.05) is 11.1 Å². The Balaban J connectivity index is 2.28. The van der Waals surface area contributed by atoms with Crippen LogP contribution in [0.25, 0.3) is 0 Å². The van der Waals surface area contributed by atoms with Crippen molar-refractivity contribution in [3.63, 3.8) is 0 Å². The molecule has 1 aromatic carbocycles. The summed E-state index contributed by atoms with van der Waals surface area (Å²) in [5, 5.41) is 16.2. The molecule has 0 saturated heterocycles. The van der Waals surface area contributed by atoms with E-state index in [9.17, 15) is 9.90 Å². The van der Waals surface area contributed by atoms with Crippen LogP contribution in [0.1, 0.15) is 23.1 Å². The molecule has 6 nitrogen and oxygen atoms in total. The quantitative estimate of drug-likeness (QED) is 0.780. The van der Waals surface area contributed by atoms with Crippen LogP contribution in [0.15, 0.2) is 24.3 Å². The predicted molar refractivity (Wildman–Crippen MR) is 73.1 cm³/mol. The lowest BCUT2D eigenvalue weighted by Crippen LogP contribution is -2.17. The lowest BCUT2D eigenvalue weighted by molar-refractivity contribution is 0.101. The van der Waals surface area contributed by atoms with E-state index >= 15 is 0 Å². The predicted octanol–water partition coefficient (Wildman–Crippen LogP) is 1.52. The molecule has 4 N–H and O–H groups in total. The van der Waals surface area contributed by atoms with Crippen molar-refractivity contribution in [2.45, 2.75) is 13.3 Å². The first-order valence-electron chi connectivity index (χ1n) is 5.94. The fourth-order valence-corrected chi connectivity index (χ4v) is 1.90. The zero-order valence-electron chi connectivity index (χ0n) is 10.8. The van der Waals surface area contributed by atoms with Gasteiger partial charge < -0.3 is 16.2 Å². The summed E-state index contributed by atoms with van der Waals surface area (Å²) in [6, 6.07) is 6.33. The van der Waals surface area contributed by atoms with Crippen LogP contribution in [0.2, 0.25) is 0 Å². The van der Waals surface area contributed by atoms with Gasteiger partial charge in [0.15, 0.2) is 0 Å². The van der Waals surface area contributed by atoms with Crippen molar-refractivity contribution in [1.29, 1.82) is 0 Å². The average Bonchev–Trinajstić information content (AvgIpc) is 2.64. The minimum atomic E-state index is -0.349. The second kappa shape index (κ2) is 5.01. The van der Waals surface area contributed by atoms with E-state index < -0.39 is 0 Å². The minimum Gasteiger partial charge on any atom is -0.508 e. The van der Waals surface area contributed by atoms with Gasteiger partial charge in [0, 0.05) is 18.8 Å². The Kier molecular flexibility index (Phi) is 3.41. The van der Waals surface area contributed by atoms with Gasteiger partial charge >= 0.3 is 0 Å². The van der Waals surface area contributed by atoms with Gasteiger partial charge in [0.25, 0.3) is 5.91 Å². The topological polar surface area (TPSA) is 93.2 Å². The van der Waals surface area contributed by atoms with Gasteiger partial charge in [0.05, 0.1) is 11.4 Å². The Morgan fingerprint density at radius 1 is 1.53 bits per heavy atom. The number of carbonyl (C=O) groups is 1. The number of hydrogen-bond donors (Lipinski definition) is 3. The van der Waals surface area contributed by atoms with Crippen LogP contribution in [0.3, 0.4) is 0 Å². The van der Waals surface area contributed by atoms with Gasteiger partial charge in [-0.1, -0.05) is 13.0 Å². The number of nitrogen functional groups attached to an aromatic ring is 1. The molecule has 0 aliphatic rings. The van der Waals surface area contributed by atoms with Crippen molar-refractivity contribution in [3.8, 4) is 5.75 Å². The monoisotopic (exact) mass is 260 g/mol. The van der Waals surface area contributed by atoms with Gasteiger partial charge in [-0.25, -0.2) is 0 Å². The number of nitrogens with one attached hydrogen (secondary N) is 1. The molecule has 0 fully saturated rings. The molecule has 1 heterocycles. The first-order chi connectivity index (χ1) is 9.02. The largest absolute Gasteiger partial charge is 0.508 e. The molecule has 19 heavy (non-hydrogen) atoms. The number of phenols is 1. The van der Waals surface area contributed by atoms with Gasteiger partial charge in [0.1, 0.15) is 11.4 Å². The van der Waals surface area contributed by atoms with E-state index in [1.807, 2.05) is 6.92 Å². The molecule has 0 radical (unpaired) electrons. The highest BCUT2D eigenvalue weighted by Crippen LogP contribution is 2.20. The van der Waals surface area contributed by atoms with Crippen LogP contribution in [0.4, 0.5) is 11.4 Å². The van der Waals surface area contributed by atoms with E-state index in [1.54, 1.807) is 19.2 Å². The summed E-state index contributed by atoms with van der Waals surface area (Å²) in [7, 11) is 1.67. The summed E-state index contributed by atoms with van der Waals surface area (Å²) in [6.07, 6.45) is 0.666. The highest BCUT2D eigenvalue weighted by Gasteiger charge is 2.19. The van der Waals surface area contributed by atoms with Crippen molar-refractivity contribution in [3.05, 3.63) is 35.7 Å². The Morgan fingerprint density at radius 3 is 2.84 bits per heavy atom. The number of rotatable bonds is 3. The number of benzene rings is 1. The lowest BCUT2D eigenvalue weighted by atomic mass is 10.2. The summed E-state index contributed by atoms with van der Waals surface area (Å²) in [5.41, 5.74) is 7.82. The van der Waals surface area contributed by atoms with Gasteiger partial charge in [-0.3, -0.25) is 9.48 Å². The van der Waals surface area contributed by atoms with Crippen molar-refractivity contribution in [2.24, 2.45) is 7.05 Å². The smallest absolute Gasteiger partial charge is 0.276 e. The molecule has 100 valence electrons. The molecule has 0 aliphatic heterocycles. The van der Waals surface area contributed by atoms with E-state index in [0.717, 1.165) is 0 Å². The van der Waals surface area contributed by atoms with Crippen LogP contribution >= 0.6 is 0 Å². The van der Waals surface area contributed by atoms with E-state index in [-0.39, 0.29) is 11.7 Å².